The van der Waals surface area contributed by atoms with Gasteiger partial charge in [0.1, 0.15) is 22.3 Å². The van der Waals surface area contributed by atoms with Gasteiger partial charge in [0.2, 0.25) is 0 Å². The summed E-state index contributed by atoms with van der Waals surface area (Å²) in [6.45, 7) is 0. The SMILES string of the molecule is Ic1ccc(-c2ccc3c(c2)oc2ccccc23)c2c1oc1ccccc12. The van der Waals surface area contributed by atoms with Crippen LogP contribution in [0.3, 0.4) is 0 Å². The molecular formula is C24H13IO2. The van der Waals surface area contributed by atoms with E-state index < -0.39 is 0 Å². The summed E-state index contributed by atoms with van der Waals surface area (Å²) >= 11 is 2.34. The predicted molar refractivity (Wildman–Crippen MR) is 119 cm³/mol. The minimum atomic E-state index is 0.910. The molecule has 2 nitrogen and oxygen atoms in total. The topological polar surface area (TPSA) is 26.3 Å². The molecule has 0 saturated heterocycles. The maximum atomic E-state index is 6.15. The zero-order valence-corrected chi connectivity index (χ0v) is 16.4. The summed E-state index contributed by atoms with van der Waals surface area (Å²) in [5.41, 5.74) is 5.99. The third-order valence-corrected chi connectivity index (χ3v) is 6.02. The highest BCUT2D eigenvalue weighted by atomic mass is 127. The van der Waals surface area contributed by atoms with Crippen LogP contribution in [0.25, 0.3) is 55.0 Å². The third-order valence-electron chi connectivity index (χ3n) is 5.17. The monoisotopic (exact) mass is 460 g/mol. The first kappa shape index (κ1) is 15.3. The highest BCUT2D eigenvalue weighted by Gasteiger charge is 2.16. The van der Waals surface area contributed by atoms with E-state index in [2.05, 4.69) is 71.1 Å². The van der Waals surface area contributed by atoms with Gasteiger partial charge in [0, 0.05) is 21.5 Å². The Kier molecular flexibility index (Phi) is 3.17. The van der Waals surface area contributed by atoms with Gasteiger partial charge in [0.15, 0.2) is 0 Å². The van der Waals surface area contributed by atoms with Gasteiger partial charge < -0.3 is 8.83 Å². The van der Waals surface area contributed by atoms with Gasteiger partial charge in [-0.3, -0.25) is 0 Å². The second-order valence-electron chi connectivity index (χ2n) is 6.71. The molecule has 4 aromatic carbocycles. The van der Waals surface area contributed by atoms with Gasteiger partial charge >= 0.3 is 0 Å². The fourth-order valence-electron chi connectivity index (χ4n) is 3.93. The summed E-state index contributed by atoms with van der Waals surface area (Å²) in [7, 11) is 0. The van der Waals surface area contributed by atoms with Crippen molar-refractivity contribution < 1.29 is 8.83 Å². The summed E-state index contributed by atoms with van der Waals surface area (Å²) in [4.78, 5) is 0. The van der Waals surface area contributed by atoms with Crippen LogP contribution in [0.5, 0.6) is 0 Å². The van der Waals surface area contributed by atoms with E-state index >= 15 is 0 Å². The Morgan fingerprint density at radius 3 is 2.15 bits per heavy atom. The molecule has 2 aromatic heterocycles. The van der Waals surface area contributed by atoms with Crippen LogP contribution in [-0.2, 0) is 0 Å². The number of furan rings is 2. The first-order valence-corrected chi connectivity index (χ1v) is 9.89. The Balaban J connectivity index is 1.70. The molecule has 6 rings (SSSR count). The minimum Gasteiger partial charge on any atom is -0.456 e. The lowest BCUT2D eigenvalue weighted by molar-refractivity contribution is 0.666. The quantitative estimate of drug-likeness (QED) is 0.235. The van der Waals surface area contributed by atoms with Gasteiger partial charge in [-0.1, -0.05) is 48.5 Å². The second-order valence-corrected chi connectivity index (χ2v) is 7.87. The molecule has 0 radical (unpaired) electrons. The molecular weight excluding hydrogens is 447 g/mol. The van der Waals surface area contributed by atoms with Crippen LogP contribution in [0.2, 0.25) is 0 Å². The molecule has 128 valence electrons. The molecule has 0 amide bonds. The Bertz CT molecular complexity index is 1490. The zero-order valence-electron chi connectivity index (χ0n) is 14.2. The van der Waals surface area contributed by atoms with Crippen LogP contribution >= 0.6 is 22.6 Å². The van der Waals surface area contributed by atoms with Crippen molar-refractivity contribution in [3.05, 3.63) is 82.4 Å². The normalized spacial score (nSPS) is 11.9. The van der Waals surface area contributed by atoms with E-state index in [1.807, 2.05) is 30.3 Å². The molecule has 0 aliphatic carbocycles. The van der Waals surface area contributed by atoms with Crippen molar-refractivity contribution in [1.82, 2.24) is 0 Å². The van der Waals surface area contributed by atoms with Crippen LogP contribution in [0.15, 0.2) is 87.7 Å². The third kappa shape index (κ3) is 2.18. The first-order chi connectivity index (χ1) is 13.3. The average molecular weight is 460 g/mol. The number of hydrogen-bond acceptors (Lipinski definition) is 2. The standard InChI is InChI=1S/C24H13IO2/c25-19-12-11-15(23-18-6-2-4-8-21(18)27-24(19)23)14-9-10-17-16-5-1-3-7-20(16)26-22(17)13-14/h1-13H. The zero-order chi connectivity index (χ0) is 18.0. The van der Waals surface area contributed by atoms with Crippen molar-refractivity contribution in [3.63, 3.8) is 0 Å². The van der Waals surface area contributed by atoms with Crippen LogP contribution in [0.4, 0.5) is 0 Å². The van der Waals surface area contributed by atoms with Crippen molar-refractivity contribution in [2.45, 2.75) is 0 Å². The maximum absolute atomic E-state index is 6.15. The smallest absolute Gasteiger partial charge is 0.149 e. The fraction of sp³-hybridized carbons (Fsp3) is 0. The molecule has 0 saturated carbocycles. The highest BCUT2D eigenvalue weighted by molar-refractivity contribution is 14.1. The number of halogens is 1. The Morgan fingerprint density at radius 2 is 1.30 bits per heavy atom. The highest BCUT2D eigenvalue weighted by Crippen LogP contribution is 2.40. The van der Waals surface area contributed by atoms with E-state index in [1.54, 1.807) is 0 Å². The molecule has 3 heteroatoms. The van der Waals surface area contributed by atoms with Gasteiger partial charge in [0.25, 0.3) is 0 Å². The lowest BCUT2D eigenvalue weighted by Crippen LogP contribution is -1.82. The number of para-hydroxylation sites is 2. The Hall–Kier alpha value is -2.79. The lowest BCUT2D eigenvalue weighted by atomic mass is 9.98. The molecule has 0 bridgehead atoms. The van der Waals surface area contributed by atoms with Crippen LogP contribution in [0.1, 0.15) is 0 Å². The van der Waals surface area contributed by atoms with Crippen molar-refractivity contribution in [2.75, 3.05) is 0 Å². The molecule has 0 spiro atoms. The van der Waals surface area contributed by atoms with E-state index in [0.29, 0.717) is 0 Å². The van der Waals surface area contributed by atoms with Gasteiger partial charge in [-0.2, -0.15) is 0 Å². The molecule has 2 heterocycles. The van der Waals surface area contributed by atoms with E-state index in [4.69, 9.17) is 8.83 Å². The number of hydrogen-bond donors (Lipinski definition) is 0. The van der Waals surface area contributed by atoms with Crippen molar-refractivity contribution in [2.24, 2.45) is 0 Å². The lowest BCUT2D eigenvalue weighted by Gasteiger charge is -2.05. The summed E-state index contributed by atoms with van der Waals surface area (Å²) in [6, 6.07) is 27.2. The number of fused-ring (bicyclic) bond motifs is 6. The molecule has 0 fully saturated rings. The summed E-state index contributed by atoms with van der Waals surface area (Å²) in [5.74, 6) is 0. The molecule has 0 aliphatic rings. The molecule has 0 aliphatic heterocycles. The van der Waals surface area contributed by atoms with Crippen molar-refractivity contribution in [3.8, 4) is 11.1 Å². The second kappa shape index (κ2) is 5.60. The maximum Gasteiger partial charge on any atom is 0.149 e. The Morgan fingerprint density at radius 1 is 0.593 bits per heavy atom. The van der Waals surface area contributed by atoms with E-state index in [1.165, 1.54) is 0 Å². The van der Waals surface area contributed by atoms with Gasteiger partial charge in [-0.15, -0.1) is 0 Å². The number of benzene rings is 4. The first-order valence-electron chi connectivity index (χ1n) is 8.81. The predicted octanol–water partition coefficient (Wildman–Crippen LogP) is 7.76. The molecule has 27 heavy (non-hydrogen) atoms. The summed E-state index contributed by atoms with van der Waals surface area (Å²) in [5, 5.41) is 4.60. The summed E-state index contributed by atoms with van der Waals surface area (Å²) in [6.07, 6.45) is 0. The van der Waals surface area contributed by atoms with Gasteiger partial charge in [-0.25, -0.2) is 0 Å². The van der Waals surface area contributed by atoms with Gasteiger partial charge in [0.05, 0.1) is 3.57 Å². The van der Waals surface area contributed by atoms with Crippen LogP contribution < -0.4 is 0 Å². The average Bonchev–Trinajstić information content (AvgIpc) is 3.27. The van der Waals surface area contributed by atoms with E-state index in [9.17, 15) is 0 Å². The minimum absolute atomic E-state index is 0.910. The van der Waals surface area contributed by atoms with Crippen LogP contribution in [-0.4, -0.2) is 0 Å². The van der Waals surface area contributed by atoms with E-state index in [0.717, 1.165) is 58.6 Å². The Labute approximate surface area is 168 Å². The van der Waals surface area contributed by atoms with Gasteiger partial charge in [-0.05, 0) is 64.0 Å². The van der Waals surface area contributed by atoms with Crippen molar-refractivity contribution >= 4 is 66.5 Å². The van der Waals surface area contributed by atoms with Crippen LogP contribution in [0, 0.1) is 3.57 Å². The molecule has 6 aromatic rings. The molecule has 0 N–H and O–H groups in total. The molecule has 0 unspecified atom stereocenters. The molecule has 0 atom stereocenters. The van der Waals surface area contributed by atoms with E-state index in [-0.39, 0.29) is 0 Å². The largest absolute Gasteiger partial charge is 0.456 e. The number of rotatable bonds is 1. The van der Waals surface area contributed by atoms with Crippen molar-refractivity contribution in [1.29, 1.82) is 0 Å². The summed E-state index contributed by atoms with van der Waals surface area (Å²) < 4.78 is 13.4. The fourth-order valence-corrected chi connectivity index (χ4v) is 4.49.